The zero-order chi connectivity index (χ0) is 19.0. The van der Waals surface area contributed by atoms with Gasteiger partial charge in [0.1, 0.15) is 0 Å². The minimum atomic E-state index is -4.13. The Bertz CT molecular complexity index is 387. The molecule has 2 unspecified atom stereocenters. The van der Waals surface area contributed by atoms with Crippen molar-refractivity contribution in [3.8, 4) is 0 Å². The second kappa shape index (κ2) is 19.8. The molecule has 0 rings (SSSR count). The van der Waals surface area contributed by atoms with E-state index in [2.05, 4.69) is 6.92 Å². The van der Waals surface area contributed by atoms with Gasteiger partial charge >= 0.3 is 51.4 Å². The van der Waals surface area contributed by atoms with Crippen molar-refractivity contribution >= 4 is 10.1 Å². The molecule has 26 heavy (non-hydrogen) atoms. The Labute approximate surface area is 205 Å². The van der Waals surface area contributed by atoms with Gasteiger partial charge in [-0.3, -0.25) is 0 Å². The first kappa shape index (κ1) is 29.7. The Balaban J connectivity index is 0. The van der Waals surface area contributed by atoms with Gasteiger partial charge in [-0.2, -0.15) is 0 Å². The zero-order valence-corrected chi connectivity index (χ0v) is 21.5. The monoisotopic (exact) mass is 416 g/mol. The molecular formula is C20H41KO4S. The van der Waals surface area contributed by atoms with E-state index in [9.17, 15) is 18.1 Å². The van der Waals surface area contributed by atoms with Gasteiger partial charge in [-0.25, -0.2) is 8.42 Å². The fourth-order valence-corrected chi connectivity index (χ4v) is 4.19. The second-order valence-electron chi connectivity index (χ2n) is 7.46. The topological polar surface area (TPSA) is 77.4 Å². The average molecular weight is 417 g/mol. The quantitative estimate of drug-likeness (QED) is 0.212. The van der Waals surface area contributed by atoms with Crippen molar-refractivity contribution in [2.45, 2.75) is 128 Å². The fraction of sp³-hybridized carbons (Fsp3) is 1.00. The molecule has 152 valence electrons. The van der Waals surface area contributed by atoms with Crippen LogP contribution in [0.25, 0.3) is 0 Å². The SMILES string of the molecule is CCCCCC(O)CCCCCCCCCC(CCCC)S(=O)(=O)[O-].[K+]. The first-order valence-corrected chi connectivity index (χ1v) is 12.0. The summed E-state index contributed by atoms with van der Waals surface area (Å²) in [6, 6.07) is 0. The molecule has 0 heterocycles. The van der Waals surface area contributed by atoms with Crippen LogP contribution in [0.3, 0.4) is 0 Å². The Hall–Kier alpha value is 1.51. The van der Waals surface area contributed by atoms with Gasteiger partial charge in [0.2, 0.25) is 0 Å². The van der Waals surface area contributed by atoms with Crippen LogP contribution in [0, 0.1) is 0 Å². The Morgan fingerprint density at radius 2 is 1.08 bits per heavy atom. The van der Waals surface area contributed by atoms with Crippen molar-refractivity contribution in [2.75, 3.05) is 0 Å². The summed E-state index contributed by atoms with van der Waals surface area (Å²) in [5.41, 5.74) is 0. The Morgan fingerprint density at radius 1 is 0.692 bits per heavy atom. The van der Waals surface area contributed by atoms with Crippen LogP contribution in [-0.2, 0) is 10.1 Å². The summed E-state index contributed by atoms with van der Waals surface area (Å²) < 4.78 is 33.7. The third kappa shape index (κ3) is 18.9. The van der Waals surface area contributed by atoms with E-state index in [1.807, 2.05) is 6.92 Å². The molecule has 0 bridgehead atoms. The van der Waals surface area contributed by atoms with E-state index in [0.717, 1.165) is 64.2 Å². The van der Waals surface area contributed by atoms with E-state index >= 15 is 0 Å². The van der Waals surface area contributed by atoms with E-state index in [0.29, 0.717) is 12.8 Å². The maximum absolute atomic E-state index is 11.2. The van der Waals surface area contributed by atoms with Crippen LogP contribution in [0.4, 0.5) is 0 Å². The molecule has 0 aliphatic rings. The first-order valence-electron chi connectivity index (χ1n) is 10.5. The van der Waals surface area contributed by atoms with Crippen LogP contribution < -0.4 is 51.4 Å². The third-order valence-corrected chi connectivity index (χ3v) is 6.28. The molecule has 0 saturated heterocycles. The van der Waals surface area contributed by atoms with Gasteiger partial charge in [0.25, 0.3) is 0 Å². The summed E-state index contributed by atoms with van der Waals surface area (Å²) in [6.45, 7) is 4.19. The number of hydrogen-bond donors (Lipinski definition) is 1. The normalized spacial score (nSPS) is 14.0. The van der Waals surface area contributed by atoms with Gasteiger partial charge in [0.15, 0.2) is 0 Å². The number of hydrogen-bond acceptors (Lipinski definition) is 4. The molecular weight excluding hydrogens is 375 g/mol. The zero-order valence-electron chi connectivity index (χ0n) is 17.5. The van der Waals surface area contributed by atoms with Crippen molar-refractivity contribution in [2.24, 2.45) is 0 Å². The molecule has 0 aromatic rings. The Kier molecular flexibility index (Phi) is 22.6. The molecule has 4 nitrogen and oxygen atoms in total. The van der Waals surface area contributed by atoms with Crippen LogP contribution in [0.2, 0.25) is 0 Å². The van der Waals surface area contributed by atoms with Crippen molar-refractivity contribution in [3.05, 3.63) is 0 Å². The van der Waals surface area contributed by atoms with Gasteiger partial charge in [0, 0.05) is 5.25 Å². The number of unbranched alkanes of at least 4 members (excludes halogenated alkanes) is 9. The molecule has 0 amide bonds. The maximum atomic E-state index is 11.2. The summed E-state index contributed by atoms with van der Waals surface area (Å²) >= 11 is 0. The molecule has 0 fully saturated rings. The fourth-order valence-electron chi connectivity index (χ4n) is 3.27. The first-order chi connectivity index (χ1) is 11.9. The predicted molar refractivity (Wildman–Crippen MR) is 105 cm³/mol. The molecule has 0 aliphatic heterocycles. The molecule has 0 aliphatic carbocycles. The van der Waals surface area contributed by atoms with Crippen LogP contribution in [-0.4, -0.2) is 29.4 Å². The third-order valence-electron chi connectivity index (χ3n) is 4.99. The van der Waals surface area contributed by atoms with Crippen LogP contribution in [0.5, 0.6) is 0 Å². The predicted octanol–water partition coefficient (Wildman–Crippen LogP) is 2.55. The number of aliphatic hydroxyl groups excluding tert-OH is 1. The van der Waals surface area contributed by atoms with E-state index in [1.54, 1.807) is 0 Å². The standard InChI is InChI=1S/C20H42O4S.K/c1-3-5-12-15-19(21)16-13-10-8-7-9-11-14-18-20(17-6-4-2)25(22,23)24;/h19-21H,3-18H2,1-2H3,(H,22,23,24);/q;+1/p-1. The minimum Gasteiger partial charge on any atom is -0.748 e. The largest absolute Gasteiger partial charge is 1.00 e. The summed E-state index contributed by atoms with van der Waals surface area (Å²) in [5, 5.41) is 9.17. The van der Waals surface area contributed by atoms with Crippen molar-refractivity contribution in [1.82, 2.24) is 0 Å². The van der Waals surface area contributed by atoms with Crippen LogP contribution >= 0.6 is 0 Å². The van der Waals surface area contributed by atoms with Crippen molar-refractivity contribution in [3.63, 3.8) is 0 Å². The molecule has 0 aromatic heterocycles. The van der Waals surface area contributed by atoms with Crippen molar-refractivity contribution in [1.29, 1.82) is 0 Å². The van der Waals surface area contributed by atoms with Gasteiger partial charge in [-0.15, -0.1) is 0 Å². The number of rotatable bonds is 18. The molecule has 0 aromatic carbocycles. The van der Waals surface area contributed by atoms with Gasteiger partial charge in [0.05, 0.1) is 16.2 Å². The van der Waals surface area contributed by atoms with Crippen LogP contribution in [0.15, 0.2) is 0 Å². The average Bonchev–Trinajstić information content (AvgIpc) is 2.55. The van der Waals surface area contributed by atoms with Gasteiger partial charge in [-0.05, 0) is 25.7 Å². The van der Waals surface area contributed by atoms with E-state index < -0.39 is 15.4 Å². The van der Waals surface area contributed by atoms with E-state index in [1.165, 1.54) is 25.7 Å². The molecule has 0 saturated carbocycles. The number of aliphatic hydroxyl groups is 1. The molecule has 0 spiro atoms. The molecule has 2 atom stereocenters. The summed E-state index contributed by atoms with van der Waals surface area (Å²) in [5.74, 6) is 0. The Morgan fingerprint density at radius 3 is 1.54 bits per heavy atom. The van der Waals surface area contributed by atoms with Crippen LogP contribution in [0.1, 0.15) is 117 Å². The molecule has 1 N–H and O–H groups in total. The maximum Gasteiger partial charge on any atom is 1.00 e. The smallest absolute Gasteiger partial charge is 0.748 e. The summed E-state index contributed by atoms with van der Waals surface area (Å²) in [4.78, 5) is 0. The van der Waals surface area contributed by atoms with Crippen molar-refractivity contribution < 1.29 is 69.5 Å². The molecule has 0 radical (unpaired) electrons. The van der Waals surface area contributed by atoms with E-state index in [-0.39, 0.29) is 57.5 Å². The van der Waals surface area contributed by atoms with Gasteiger partial charge in [-0.1, -0.05) is 90.9 Å². The van der Waals surface area contributed by atoms with E-state index in [4.69, 9.17) is 0 Å². The summed E-state index contributed by atoms with van der Waals surface area (Å²) in [7, 11) is -4.13. The summed E-state index contributed by atoms with van der Waals surface area (Å²) in [6.07, 6.45) is 15.6. The second-order valence-corrected chi connectivity index (χ2v) is 9.11. The minimum absolute atomic E-state index is 0. The molecule has 6 heteroatoms. The van der Waals surface area contributed by atoms with Gasteiger partial charge < -0.3 is 9.66 Å².